The van der Waals surface area contributed by atoms with Crippen molar-refractivity contribution in [3.63, 3.8) is 0 Å². The third-order valence-corrected chi connectivity index (χ3v) is 7.08. The molecule has 25 heavy (non-hydrogen) atoms. The summed E-state index contributed by atoms with van der Waals surface area (Å²) in [5.74, 6) is 1.03. The maximum atomic E-state index is 12.0. The molecule has 0 saturated carbocycles. The highest BCUT2D eigenvalue weighted by molar-refractivity contribution is 7.91. The number of sulfone groups is 1. The number of benzene rings is 1. The van der Waals surface area contributed by atoms with E-state index in [0.29, 0.717) is 18.3 Å². The Labute approximate surface area is 155 Å². The van der Waals surface area contributed by atoms with Gasteiger partial charge in [0, 0.05) is 19.1 Å². The molecule has 0 bridgehead atoms. The molecule has 1 aromatic heterocycles. The first-order valence-electron chi connectivity index (χ1n) is 8.95. The van der Waals surface area contributed by atoms with Crippen molar-refractivity contribution in [2.45, 2.75) is 46.4 Å². The van der Waals surface area contributed by atoms with E-state index in [2.05, 4.69) is 46.9 Å². The van der Waals surface area contributed by atoms with Gasteiger partial charge in [0.1, 0.15) is 0 Å². The first-order valence-corrected chi connectivity index (χ1v) is 11.2. The molecule has 5 nitrogen and oxygen atoms in total. The second-order valence-corrected chi connectivity index (χ2v) is 9.90. The average Bonchev–Trinajstić information content (AvgIpc) is 3.04. The van der Waals surface area contributed by atoms with Gasteiger partial charge >= 0.3 is 0 Å². The Balaban J connectivity index is 1.99. The van der Waals surface area contributed by atoms with Gasteiger partial charge in [0.2, 0.25) is 0 Å². The molecule has 1 atom stereocenters. The number of nitrogens with zero attached hydrogens (tertiary/aromatic N) is 3. The number of imidazole rings is 1. The van der Waals surface area contributed by atoms with Crippen LogP contribution in [0, 0.1) is 10.7 Å². The number of aryl methyl sites for hydroxylation is 1. The third-order valence-electron chi connectivity index (χ3n) is 4.89. The predicted octanol–water partition coefficient (Wildman–Crippen LogP) is 3.29. The lowest BCUT2D eigenvalue weighted by molar-refractivity contribution is 0.147. The Hall–Kier alpha value is -1.18. The molecule has 2 heterocycles. The lowest BCUT2D eigenvalue weighted by Gasteiger charge is -2.30. The van der Waals surface area contributed by atoms with Crippen LogP contribution in [0.3, 0.4) is 0 Å². The van der Waals surface area contributed by atoms with Crippen LogP contribution in [-0.4, -0.2) is 46.5 Å². The first kappa shape index (κ1) is 18.6. The molecule has 1 aliphatic heterocycles. The Bertz CT molecular complexity index is 912. The summed E-state index contributed by atoms with van der Waals surface area (Å²) in [6, 6.07) is 8.33. The molecule has 1 fully saturated rings. The van der Waals surface area contributed by atoms with Crippen molar-refractivity contribution < 1.29 is 8.42 Å². The van der Waals surface area contributed by atoms with E-state index >= 15 is 0 Å². The Morgan fingerprint density at radius 3 is 2.40 bits per heavy atom. The smallest absolute Gasteiger partial charge is 0.181 e. The van der Waals surface area contributed by atoms with Crippen LogP contribution < -0.4 is 0 Å². The summed E-state index contributed by atoms with van der Waals surface area (Å²) in [6.07, 6.45) is 0.717. The third kappa shape index (κ3) is 3.83. The van der Waals surface area contributed by atoms with Gasteiger partial charge in [-0.05, 0) is 43.6 Å². The molecule has 3 rings (SSSR count). The normalized spacial score (nSPS) is 20.1. The lowest BCUT2D eigenvalue weighted by Crippen LogP contribution is -2.40. The van der Waals surface area contributed by atoms with Crippen LogP contribution in [-0.2, 0) is 23.1 Å². The maximum Gasteiger partial charge on any atom is 0.181 e. The Kier molecular flexibility index (Phi) is 5.37. The molecule has 0 unspecified atom stereocenters. The van der Waals surface area contributed by atoms with Crippen LogP contribution in [0.2, 0.25) is 0 Å². The fraction of sp³-hybridized carbons (Fsp3) is 0.611. The Morgan fingerprint density at radius 1 is 1.24 bits per heavy atom. The van der Waals surface area contributed by atoms with Crippen molar-refractivity contribution in [1.82, 2.24) is 14.0 Å². The standard InChI is InChI=1S/C18H27N3O2S2/c1-4-20-16-7-5-6-8-17(16)21(18(20)24)13-19(11-14(2)3)15-9-10-25(22,23)12-15/h5-8,14-15H,4,9-13H2,1-3H3/t15-/m0/s1. The molecule has 0 spiro atoms. The van der Waals surface area contributed by atoms with Crippen LogP contribution >= 0.6 is 12.2 Å². The van der Waals surface area contributed by atoms with Crippen LogP contribution in [0.5, 0.6) is 0 Å². The van der Waals surface area contributed by atoms with Gasteiger partial charge in [-0.25, -0.2) is 8.42 Å². The largest absolute Gasteiger partial charge is 0.317 e. The van der Waals surface area contributed by atoms with E-state index in [0.717, 1.165) is 35.3 Å². The minimum Gasteiger partial charge on any atom is -0.317 e. The monoisotopic (exact) mass is 381 g/mol. The highest BCUT2D eigenvalue weighted by Gasteiger charge is 2.32. The van der Waals surface area contributed by atoms with E-state index < -0.39 is 9.84 Å². The number of fused-ring (bicyclic) bond motifs is 1. The second kappa shape index (κ2) is 7.21. The molecule has 1 aromatic carbocycles. The summed E-state index contributed by atoms with van der Waals surface area (Å²) in [4.78, 5) is 2.30. The summed E-state index contributed by atoms with van der Waals surface area (Å²) in [7, 11) is -2.90. The zero-order valence-electron chi connectivity index (χ0n) is 15.2. The molecule has 1 saturated heterocycles. The highest BCUT2D eigenvalue weighted by Crippen LogP contribution is 2.23. The molecule has 0 aliphatic carbocycles. The van der Waals surface area contributed by atoms with Crippen molar-refractivity contribution in [1.29, 1.82) is 0 Å². The zero-order chi connectivity index (χ0) is 18.2. The molecule has 0 radical (unpaired) electrons. The number of rotatable bonds is 6. The van der Waals surface area contributed by atoms with Gasteiger partial charge in [0.05, 0.1) is 29.2 Å². The molecule has 0 N–H and O–H groups in total. The van der Waals surface area contributed by atoms with Gasteiger partial charge in [0.15, 0.2) is 14.6 Å². The van der Waals surface area contributed by atoms with E-state index in [-0.39, 0.29) is 11.8 Å². The van der Waals surface area contributed by atoms with Gasteiger partial charge in [-0.3, -0.25) is 4.90 Å². The number of hydrogen-bond acceptors (Lipinski definition) is 4. The first-order chi connectivity index (χ1) is 11.8. The van der Waals surface area contributed by atoms with Crippen LogP contribution in [0.4, 0.5) is 0 Å². The SMILES string of the molecule is CCn1c(=S)n(CN(CC(C)C)[C@H]2CCS(=O)(=O)C2)c2ccccc21. The lowest BCUT2D eigenvalue weighted by atomic mass is 10.1. The fourth-order valence-corrected chi connectivity index (χ4v) is 5.90. The summed E-state index contributed by atoms with van der Waals surface area (Å²) >= 11 is 5.72. The van der Waals surface area contributed by atoms with E-state index in [4.69, 9.17) is 12.2 Å². The summed E-state index contributed by atoms with van der Waals surface area (Å²) in [5, 5.41) is 0. The molecular formula is C18H27N3O2S2. The minimum absolute atomic E-state index is 0.0815. The van der Waals surface area contributed by atoms with Gasteiger partial charge < -0.3 is 9.13 Å². The van der Waals surface area contributed by atoms with Crippen molar-refractivity contribution in [2.75, 3.05) is 18.1 Å². The van der Waals surface area contributed by atoms with Gasteiger partial charge in [0.25, 0.3) is 0 Å². The topological polar surface area (TPSA) is 47.2 Å². The molecule has 2 aromatic rings. The zero-order valence-corrected chi connectivity index (χ0v) is 16.8. The van der Waals surface area contributed by atoms with Gasteiger partial charge in [-0.15, -0.1) is 0 Å². The van der Waals surface area contributed by atoms with Crippen LogP contribution in [0.25, 0.3) is 11.0 Å². The molecule has 138 valence electrons. The molecule has 1 aliphatic rings. The van der Waals surface area contributed by atoms with Crippen molar-refractivity contribution >= 4 is 33.1 Å². The van der Waals surface area contributed by atoms with Gasteiger partial charge in [-0.2, -0.15) is 0 Å². The quantitative estimate of drug-likeness (QED) is 0.721. The minimum atomic E-state index is -2.90. The fourth-order valence-electron chi connectivity index (χ4n) is 3.75. The molecule has 0 amide bonds. The van der Waals surface area contributed by atoms with Crippen molar-refractivity contribution in [3.05, 3.63) is 29.0 Å². The molecule has 7 heteroatoms. The predicted molar refractivity (Wildman–Crippen MR) is 105 cm³/mol. The number of hydrogen-bond donors (Lipinski definition) is 0. The Morgan fingerprint density at radius 2 is 1.88 bits per heavy atom. The van der Waals surface area contributed by atoms with E-state index in [1.165, 1.54) is 0 Å². The molecular weight excluding hydrogens is 354 g/mol. The summed E-state index contributed by atoms with van der Waals surface area (Å²) in [5.41, 5.74) is 2.25. The second-order valence-electron chi connectivity index (χ2n) is 7.31. The van der Waals surface area contributed by atoms with Crippen LogP contribution in [0.1, 0.15) is 27.2 Å². The van der Waals surface area contributed by atoms with E-state index in [1.807, 2.05) is 12.1 Å². The average molecular weight is 382 g/mol. The summed E-state index contributed by atoms with van der Waals surface area (Å²) < 4.78 is 29.0. The maximum absolute atomic E-state index is 12.0. The van der Waals surface area contributed by atoms with Crippen molar-refractivity contribution in [3.8, 4) is 0 Å². The van der Waals surface area contributed by atoms with E-state index in [9.17, 15) is 8.42 Å². The van der Waals surface area contributed by atoms with E-state index in [1.54, 1.807) is 0 Å². The highest BCUT2D eigenvalue weighted by atomic mass is 32.2. The van der Waals surface area contributed by atoms with Crippen molar-refractivity contribution in [2.24, 2.45) is 5.92 Å². The summed E-state index contributed by atoms with van der Waals surface area (Å²) in [6.45, 7) is 8.78. The number of para-hydroxylation sites is 2. The van der Waals surface area contributed by atoms with Gasteiger partial charge in [-0.1, -0.05) is 26.0 Å². The van der Waals surface area contributed by atoms with Crippen LogP contribution in [0.15, 0.2) is 24.3 Å². The number of aromatic nitrogens is 2.